The number of amides is 1. The first-order chi connectivity index (χ1) is 11.4. The monoisotopic (exact) mass is 335 g/mol. The Hall–Kier alpha value is -1.99. The van der Waals surface area contributed by atoms with Gasteiger partial charge in [0.05, 0.1) is 11.0 Å². The Bertz CT molecular complexity index is 597. The molecule has 1 aromatic carbocycles. The van der Waals surface area contributed by atoms with E-state index in [-0.39, 0.29) is 18.1 Å². The van der Waals surface area contributed by atoms with Gasteiger partial charge in [-0.1, -0.05) is 6.92 Å². The molecule has 24 heavy (non-hydrogen) atoms. The van der Waals surface area contributed by atoms with E-state index in [4.69, 9.17) is 0 Å². The zero-order valence-electron chi connectivity index (χ0n) is 14.2. The van der Waals surface area contributed by atoms with Crippen LogP contribution in [0.5, 0.6) is 0 Å². The molecule has 0 bridgehead atoms. The lowest BCUT2D eigenvalue weighted by atomic mass is 9.99. The van der Waals surface area contributed by atoms with Crippen molar-refractivity contribution in [3.63, 3.8) is 0 Å². The van der Waals surface area contributed by atoms with Crippen LogP contribution >= 0.6 is 0 Å². The van der Waals surface area contributed by atoms with Crippen LogP contribution in [0.25, 0.3) is 0 Å². The molecule has 132 valence electrons. The number of rotatable bonds is 6. The number of benzene rings is 1. The van der Waals surface area contributed by atoms with Crippen LogP contribution in [0.1, 0.15) is 35.7 Å². The average Bonchev–Trinajstić information content (AvgIpc) is 2.54. The third-order valence-electron chi connectivity index (χ3n) is 4.51. The zero-order valence-corrected chi connectivity index (χ0v) is 14.2. The minimum absolute atomic E-state index is 0.0385. The van der Waals surface area contributed by atoms with Crippen LogP contribution in [-0.4, -0.2) is 53.1 Å². The quantitative estimate of drug-likeness (QED) is 0.610. The summed E-state index contributed by atoms with van der Waals surface area (Å²) in [6, 6.07) is 4.13. The summed E-state index contributed by atoms with van der Waals surface area (Å²) in [4.78, 5) is 24.6. The fourth-order valence-electron chi connectivity index (χ4n) is 2.93. The molecule has 7 nitrogen and oxygen atoms in total. The number of hydrogen-bond acceptors (Lipinski definition) is 5. The third kappa shape index (κ3) is 5.01. The molecule has 0 aromatic heterocycles. The van der Waals surface area contributed by atoms with Crippen LogP contribution in [0.4, 0.5) is 5.69 Å². The first-order valence-corrected chi connectivity index (χ1v) is 8.30. The maximum Gasteiger partial charge on any atom is 0.269 e. The number of β-amino-alcohol motifs (C(OH)–C–C–N with tert-alkyl or cyclic N) is 1. The molecule has 2 N–H and O–H groups in total. The zero-order chi connectivity index (χ0) is 17.7. The van der Waals surface area contributed by atoms with Gasteiger partial charge in [0.25, 0.3) is 11.6 Å². The summed E-state index contributed by atoms with van der Waals surface area (Å²) in [6.45, 7) is 6.57. The highest BCUT2D eigenvalue weighted by Crippen LogP contribution is 2.17. The van der Waals surface area contributed by atoms with Gasteiger partial charge in [0.1, 0.15) is 0 Å². The second-order valence-electron chi connectivity index (χ2n) is 6.60. The molecule has 1 heterocycles. The lowest BCUT2D eigenvalue weighted by molar-refractivity contribution is -0.384. The van der Waals surface area contributed by atoms with Gasteiger partial charge >= 0.3 is 0 Å². The molecule has 0 radical (unpaired) electrons. The van der Waals surface area contributed by atoms with Gasteiger partial charge in [-0.15, -0.1) is 0 Å². The minimum Gasteiger partial charge on any atom is -0.390 e. The van der Waals surface area contributed by atoms with Gasteiger partial charge in [0.2, 0.25) is 0 Å². The van der Waals surface area contributed by atoms with E-state index in [1.54, 1.807) is 6.92 Å². The number of aryl methyl sites for hydroxylation is 1. The highest BCUT2D eigenvalue weighted by Gasteiger charge is 2.19. The van der Waals surface area contributed by atoms with Crippen molar-refractivity contribution in [3.8, 4) is 0 Å². The molecule has 1 amide bonds. The summed E-state index contributed by atoms with van der Waals surface area (Å²) in [7, 11) is 0. The van der Waals surface area contributed by atoms with Crippen molar-refractivity contribution < 1.29 is 14.8 Å². The number of likely N-dealkylation sites (tertiary alicyclic amines) is 1. The van der Waals surface area contributed by atoms with Crippen molar-refractivity contribution in [1.29, 1.82) is 0 Å². The number of non-ortho nitro benzene ring substituents is 1. The third-order valence-corrected chi connectivity index (χ3v) is 4.51. The molecular weight excluding hydrogens is 310 g/mol. The molecule has 1 saturated heterocycles. The van der Waals surface area contributed by atoms with Crippen LogP contribution in [0.2, 0.25) is 0 Å². The maximum atomic E-state index is 12.2. The SMILES string of the molecule is Cc1cc([N+](=O)[O-])ccc1C(=O)NC[C@H](O)CN1CCC(C)CC1. The Morgan fingerprint density at radius 1 is 1.46 bits per heavy atom. The molecule has 0 aliphatic carbocycles. The van der Waals surface area contributed by atoms with Gasteiger partial charge < -0.3 is 15.3 Å². The van der Waals surface area contributed by atoms with E-state index in [9.17, 15) is 20.0 Å². The van der Waals surface area contributed by atoms with Gasteiger partial charge in [0, 0.05) is 30.8 Å². The molecule has 7 heteroatoms. The molecule has 1 aromatic rings. The fourth-order valence-corrected chi connectivity index (χ4v) is 2.93. The van der Waals surface area contributed by atoms with E-state index in [0.717, 1.165) is 31.8 Å². The Morgan fingerprint density at radius 2 is 2.12 bits per heavy atom. The summed E-state index contributed by atoms with van der Waals surface area (Å²) >= 11 is 0. The van der Waals surface area contributed by atoms with Crippen molar-refractivity contribution in [3.05, 3.63) is 39.4 Å². The Labute approximate surface area is 141 Å². The van der Waals surface area contributed by atoms with Gasteiger partial charge in [-0.2, -0.15) is 0 Å². The van der Waals surface area contributed by atoms with E-state index in [2.05, 4.69) is 17.1 Å². The Morgan fingerprint density at radius 3 is 2.71 bits per heavy atom. The van der Waals surface area contributed by atoms with E-state index < -0.39 is 11.0 Å². The topological polar surface area (TPSA) is 95.7 Å². The summed E-state index contributed by atoms with van der Waals surface area (Å²) < 4.78 is 0. The predicted octanol–water partition coefficient (Wildman–Crippen LogP) is 1.73. The number of nitrogens with zero attached hydrogens (tertiary/aromatic N) is 2. The number of aliphatic hydroxyl groups excluding tert-OH is 1. The summed E-state index contributed by atoms with van der Waals surface area (Å²) in [5.74, 6) is 0.414. The summed E-state index contributed by atoms with van der Waals surface area (Å²) in [5.41, 5.74) is 0.893. The first-order valence-electron chi connectivity index (χ1n) is 8.30. The Kier molecular flexibility index (Phi) is 6.28. The molecule has 1 aliphatic rings. The van der Waals surface area contributed by atoms with Crippen molar-refractivity contribution in [1.82, 2.24) is 10.2 Å². The lowest BCUT2D eigenvalue weighted by Crippen LogP contribution is -2.43. The van der Waals surface area contributed by atoms with Gasteiger partial charge in [-0.05, 0) is 50.4 Å². The first kappa shape index (κ1) is 18.4. The molecule has 1 aliphatic heterocycles. The van der Waals surface area contributed by atoms with Gasteiger partial charge in [-0.3, -0.25) is 14.9 Å². The Balaban J connectivity index is 1.83. The predicted molar refractivity (Wildman–Crippen MR) is 91.0 cm³/mol. The molecule has 2 rings (SSSR count). The number of hydrogen-bond donors (Lipinski definition) is 2. The van der Waals surface area contributed by atoms with Crippen molar-refractivity contribution in [2.75, 3.05) is 26.2 Å². The smallest absolute Gasteiger partial charge is 0.269 e. The average molecular weight is 335 g/mol. The minimum atomic E-state index is -0.624. The number of nitrogens with one attached hydrogen (secondary N) is 1. The normalized spacial score (nSPS) is 17.5. The number of nitro groups is 1. The molecular formula is C17H25N3O4. The molecule has 1 fully saturated rings. The van der Waals surface area contributed by atoms with Crippen LogP contribution in [0, 0.1) is 23.0 Å². The van der Waals surface area contributed by atoms with Crippen molar-refractivity contribution in [2.24, 2.45) is 5.92 Å². The van der Waals surface area contributed by atoms with Gasteiger partial charge in [0.15, 0.2) is 0 Å². The largest absolute Gasteiger partial charge is 0.390 e. The second-order valence-corrected chi connectivity index (χ2v) is 6.60. The van der Waals surface area contributed by atoms with E-state index >= 15 is 0 Å². The highest BCUT2D eigenvalue weighted by atomic mass is 16.6. The summed E-state index contributed by atoms with van der Waals surface area (Å²) in [6.07, 6.45) is 1.66. The standard InChI is InChI=1S/C17H25N3O4/c1-12-5-7-19(8-6-12)11-15(21)10-18-17(22)16-4-3-14(20(23)24)9-13(16)2/h3-4,9,12,15,21H,5-8,10-11H2,1-2H3,(H,18,22)/t15-/m0/s1. The number of carbonyl (C=O) groups is 1. The highest BCUT2D eigenvalue weighted by molar-refractivity contribution is 5.95. The molecule has 0 spiro atoms. The molecule has 0 unspecified atom stereocenters. The van der Waals surface area contributed by atoms with E-state index in [0.29, 0.717) is 17.7 Å². The van der Waals surface area contributed by atoms with Gasteiger partial charge in [-0.25, -0.2) is 0 Å². The van der Waals surface area contributed by atoms with Crippen LogP contribution < -0.4 is 5.32 Å². The van der Waals surface area contributed by atoms with Crippen molar-refractivity contribution >= 4 is 11.6 Å². The van der Waals surface area contributed by atoms with Crippen LogP contribution in [0.15, 0.2) is 18.2 Å². The number of nitro benzene ring substituents is 1. The number of piperidine rings is 1. The maximum absolute atomic E-state index is 12.2. The lowest BCUT2D eigenvalue weighted by Gasteiger charge is -2.31. The summed E-state index contributed by atoms with van der Waals surface area (Å²) in [5, 5.41) is 23.5. The molecule has 1 atom stereocenters. The number of carbonyl (C=O) groups excluding carboxylic acids is 1. The van der Waals surface area contributed by atoms with Crippen LogP contribution in [0.3, 0.4) is 0 Å². The van der Waals surface area contributed by atoms with Crippen LogP contribution in [-0.2, 0) is 0 Å². The molecule has 0 saturated carbocycles. The van der Waals surface area contributed by atoms with E-state index in [1.807, 2.05) is 0 Å². The number of aliphatic hydroxyl groups is 1. The van der Waals surface area contributed by atoms with E-state index in [1.165, 1.54) is 18.2 Å². The second kappa shape index (κ2) is 8.21. The van der Waals surface area contributed by atoms with Crippen molar-refractivity contribution in [2.45, 2.75) is 32.8 Å². The fraction of sp³-hybridized carbons (Fsp3) is 0.588.